The highest BCUT2D eigenvalue weighted by molar-refractivity contribution is 6.06. The summed E-state index contributed by atoms with van der Waals surface area (Å²) in [7, 11) is 0. The fraction of sp³-hybridized carbons (Fsp3) is 0.269. The highest BCUT2D eigenvalue weighted by Gasteiger charge is 2.30. The number of phenols is 1. The molecule has 0 radical (unpaired) electrons. The summed E-state index contributed by atoms with van der Waals surface area (Å²) in [5, 5.41) is 10.1. The van der Waals surface area contributed by atoms with E-state index >= 15 is 0 Å². The number of piperidine rings is 1. The summed E-state index contributed by atoms with van der Waals surface area (Å²) in [5.74, 6) is 0.403. The van der Waals surface area contributed by atoms with E-state index in [1.165, 1.54) is 0 Å². The zero-order valence-corrected chi connectivity index (χ0v) is 17.4. The Kier molecular flexibility index (Phi) is 6.15. The Morgan fingerprint density at radius 2 is 1.67 bits per heavy atom. The second-order valence-electron chi connectivity index (χ2n) is 8.02. The van der Waals surface area contributed by atoms with Crippen molar-refractivity contribution in [2.24, 2.45) is 0 Å². The molecule has 0 spiro atoms. The van der Waals surface area contributed by atoms with Crippen LogP contribution in [0.4, 0.5) is 5.69 Å². The molecule has 154 valence electrons. The van der Waals surface area contributed by atoms with Crippen molar-refractivity contribution in [3.63, 3.8) is 0 Å². The van der Waals surface area contributed by atoms with E-state index in [9.17, 15) is 9.90 Å². The Hall–Kier alpha value is -3.11. The van der Waals surface area contributed by atoms with Gasteiger partial charge in [0.2, 0.25) is 0 Å². The van der Waals surface area contributed by atoms with Gasteiger partial charge in [-0.2, -0.15) is 0 Å². The first-order valence-electron chi connectivity index (χ1n) is 10.6. The molecule has 0 aliphatic carbocycles. The average molecular weight is 401 g/mol. The number of likely N-dealkylation sites (tertiary alicyclic amines) is 1. The van der Waals surface area contributed by atoms with Gasteiger partial charge >= 0.3 is 0 Å². The van der Waals surface area contributed by atoms with E-state index in [-0.39, 0.29) is 11.9 Å². The molecule has 30 heavy (non-hydrogen) atoms. The van der Waals surface area contributed by atoms with Crippen LogP contribution in [0.25, 0.3) is 0 Å². The number of carbonyl (C=O) groups is 1. The number of hydrogen-bond acceptors (Lipinski definition) is 3. The maximum Gasteiger partial charge on any atom is 0.258 e. The van der Waals surface area contributed by atoms with E-state index in [0.29, 0.717) is 5.75 Å². The first-order chi connectivity index (χ1) is 14.6. The summed E-state index contributed by atoms with van der Waals surface area (Å²) >= 11 is 0. The molecule has 1 heterocycles. The topological polar surface area (TPSA) is 43.8 Å². The van der Waals surface area contributed by atoms with Crippen molar-refractivity contribution >= 4 is 11.6 Å². The zero-order chi connectivity index (χ0) is 20.9. The lowest BCUT2D eigenvalue weighted by atomic mass is 9.99. The Morgan fingerprint density at radius 1 is 0.967 bits per heavy atom. The molecule has 4 nitrogen and oxygen atoms in total. The number of carbonyl (C=O) groups excluding carboxylic acids is 1. The first kappa shape index (κ1) is 20.2. The fourth-order valence-electron chi connectivity index (χ4n) is 4.21. The molecule has 3 aromatic carbocycles. The minimum Gasteiger partial charge on any atom is -0.508 e. The lowest BCUT2D eigenvalue weighted by Crippen LogP contribution is -2.47. The number of phenolic OH excluding ortho intramolecular Hbond substituents is 1. The average Bonchev–Trinajstić information content (AvgIpc) is 2.77. The predicted octanol–water partition coefficient (Wildman–Crippen LogP) is 5.01. The Morgan fingerprint density at radius 3 is 2.37 bits per heavy atom. The highest BCUT2D eigenvalue weighted by Crippen LogP contribution is 2.28. The largest absolute Gasteiger partial charge is 0.508 e. The fourth-order valence-corrected chi connectivity index (χ4v) is 4.21. The standard InChI is InChI=1S/C26H28N2O2/c1-20-8-7-12-24(18-20)28(26(30)21-9-3-2-4-10-21)23-14-16-27(17-15-23)19-22-11-5-6-13-25(22)29/h2-13,18,23,29H,14-17,19H2,1H3. The minimum absolute atomic E-state index is 0.0559. The molecule has 0 aromatic heterocycles. The zero-order valence-electron chi connectivity index (χ0n) is 17.4. The van der Waals surface area contributed by atoms with Gasteiger partial charge in [-0.1, -0.05) is 48.5 Å². The van der Waals surface area contributed by atoms with E-state index in [2.05, 4.69) is 24.0 Å². The molecule has 4 rings (SSSR count). The summed E-state index contributed by atoms with van der Waals surface area (Å²) in [6.07, 6.45) is 1.81. The van der Waals surface area contributed by atoms with E-state index in [1.54, 1.807) is 6.07 Å². The number of rotatable bonds is 5. The monoisotopic (exact) mass is 400 g/mol. The molecule has 1 N–H and O–H groups in total. The lowest BCUT2D eigenvalue weighted by Gasteiger charge is -2.39. The SMILES string of the molecule is Cc1cccc(N(C(=O)c2ccccc2)C2CCN(Cc3ccccc3O)CC2)c1. The van der Waals surface area contributed by atoms with Gasteiger partial charge in [0.05, 0.1) is 0 Å². The Labute approximate surface area is 178 Å². The van der Waals surface area contributed by atoms with Crippen LogP contribution in [0.1, 0.15) is 34.3 Å². The summed E-state index contributed by atoms with van der Waals surface area (Å²) in [6, 6.07) is 25.4. The van der Waals surface area contributed by atoms with Crippen molar-refractivity contribution < 1.29 is 9.90 Å². The van der Waals surface area contributed by atoms with Gasteiger partial charge in [0.25, 0.3) is 5.91 Å². The molecule has 0 atom stereocenters. The first-order valence-corrected chi connectivity index (χ1v) is 10.6. The molecule has 1 amide bonds. The van der Waals surface area contributed by atoms with Gasteiger partial charge in [-0.3, -0.25) is 9.69 Å². The van der Waals surface area contributed by atoms with E-state index in [1.807, 2.05) is 65.6 Å². The molecule has 0 unspecified atom stereocenters. The van der Waals surface area contributed by atoms with Crippen LogP contribution in [-0.2, 0) is 6.54 Å². The summed E-state index contributed by atoms with van der Waals surface area (Å²) in [6.45, 7) is 4.58. The molecular formula is C26H28N2O2. The van der Waals surface area contributed by atoms with Gasteiger partial charge in [-0.05, 0) is 55.7 Å². The lowest BCUT2D eigenvalue weighted by molar-refractivity contribution is 0.0958. The maximum atomic E-state index is 13.5. The molecule has 1 fully saturated rings. The van der Waals surface area contributed by atoms with Crippen molar-refractivity contribution in [1.29, 1.82) is 0 Å². The van der Waals surface area contributed by atoms with Crippen LogP contribution in [0.3, 0.4) is 0 Å². The quantitative estimate of drug-likeness (QED) is 0.655. The van der Waals surface area contributed by atoms with Gasteiger partial charge < -0.3 is 10.0 Å². The van der Waals surface area contributed by atoms with Gasteiger partial charge in [0.15, 0.2) is 0 Å². The number of nitrogens with zero attached hydrogens (tertiary/aromatic N) is 2. The molecule has 3 aromatic rings. The summed E-state index contributed by atoms with van der Waals surface area (Å²) < 4.78 is 0. The third-order valence-corrected chi connectivity index (χ3v) is 5.83. The van der Waals surface area contributed by atoms with Crippen molar-refractivity contribution in [3.05, 3.63) is 95.6 Å². The molecule has 4 heteroatoms. The predicted molar refractivity (Wildman–Crippen MR) is 121 cm³/mol. The van der Waals surface area contributed by atoms with Crippen LogP contribution in [0, 0.1) is 6.92 Å². The van der Waals surface area contributed by atoms with Crippen molar-refractivity contribution in [1.82, 2.24) is 4.90 Å². The summed E-state index contributed by atoms with van der Waals surface area (Å²) in [5.41, 5.74) is 3.78. The van der Waals surface area contributed by atoms with Crippen LogP contribution in [-0.4, -0.2) is 35.0 Å². The molecule has 1 aliphatic heterocycles. The molecule has 1 aliphatic rings. The third-order valence-electron chi connectivity index (χ3n) is 5.83. The molecular weight excluding hydrogens is 372 g/mol. The number of aromatic hydroxyl groups is 1. The van der Waals surface area contributed by atoms with E-state index in [4.69, 9.17) is 0 Å². The van der Waals surface area contributed by atoms with Crippen LogP contribution in [0.2, 0.25) is 0 Å². The van der Waals surface area contributed by atoms with Crippen LogP contribution >= 0.6 is 0 Å². The van der Waals surface area contributed by atoms with E-state index < -0.39 is 0 Å². The maximum absolute atomic E-state index is 13.5. The van der Waals surface area contributed by atoms with Gasteiger partial charge in [0, 0.05) is 42.5 Å². The third kappa shape index (κ3) is 4.55. The van der Waals surface area contributed by atoms with Gasteiger partial charge in [0.1, 0.15) is 5.75 Å². The molecule has 0 bridgehead atoms. The second-order valence-corrected chi connectivity index (χ2v) is 8.02. The molecule has 1 saturated heterocycles. The summed E-state index contributed by atoms with van der Waals surface area (Å²) in [4.78, 5) is 17.8. The van der Waals surface area contributed by atoms with Crippen LogP contribution in [0.5, 0.6) is 5.75 Å². The van der Waals surface area contributed by atoms with Gasteiger partial charge in [-0.15, -0.1) is 0 Å². The van der Waals surface area contributed by atoms with Crippen LogP contribution in [0.15, 0.2) is 78.9 Å². The number of aryl methyl sites for hydroxylation is 1. The van der Waals surface area contributed by atoms with Crippen molar-refractivity contribution in [3.8, 4) is 5.75 Å². The Balaban J connectivity index is 1.52. The number of hydrogen-bond donors (Lipinski definition) is 1. The Bertz CT molecular complexity index is 995. The van der Waals surface area contributed by atoms with Gasteiger partial charge in [-0.25, -0.2) is 0 Å². The number of anilines is 1. The number of amides is 1. The smallest absolute Gasteiger partial charge is 0.258 e. The van der Waals surface area contributed by atoms with E-state index in [0.717, 1.165) is 54.9 Å². The van der Waals surface area contributed by atoms with Crippen molar-refractivity contribution in [2.75, 3.05) is 18.0 Å². The number of para-hydroxylation sites is 1. The minimum atomic E-state index is 0.0559. The number of benzene rings is 3. The van der Waals surface area contributed by atoms with Crippen molar-refractivity contribution in [2.45, 2.75) is 32.4 Å². The van der Waals surface area contributed by atoms with Crippen LogP contribution < -0.4 is 4.90 Å². The normalized spacial score (nSPS) is 15.1. The second kappa shape index (κ2) is 9.14. The molecule has 0 saturated carbocycles. The highest BCUT2D eigenvalue weighted by atomic mass is 16.3.